The van der Waals surface area contributed by atoms with Gasteiger partial charge in [0.25, 0.3) is 5.91 Å². The zero-order valence-corrected chi connectivity index (χ0v) is 14.8. The quantitative estimate of drug-likeness (QED) is 0.835. The van der Waals surface area contributed by atoms with E-state index in [9.17, 15) is 19.5 Å². The summed E-state index contributed by atoms with van der Waals surface area (Å²) in [4.78, 5) is 39.3. The number of alkyl halides is 1. The average molecular weight is 366 g/mol. The second-order valence-electron chi connectivity index (χ2n) is 5.94. The molecule has 7 heteroatoms. The normalized spacial score (nSPS) is 23.4. The lowest BCUT2D eigenvalue weighted by Crippen LogP contribution is -2.40. The fourth-order valence-corrected chi connectivity index (χ4v) is 4.28. The van der Waals surface area contributed by atoms with Crippen molar-refractivity contribution in [3.8, 4) is 0 Å². The van der Waals surface area contributed by atoms with Gasteiger partial charge in [0.1, 0.15) is 0 Å². The van der Waals surface area contributed by atoms with Crippen molar-refractivity contribution in [1.82, 2.24) is 4.90 Å². The van der Waals surface area contributed by atoms with E-state index in [1.807, 2.05) is 13.0 Å². The van der Waals surface area contributed by atoms with Crippen molar-refractivity contribution in [3.05, 3.63) is 44.8 Å². The van der Waals surface area contributed by atoms with Gasteiger partial charge in [0.05, 0.1) is 22.7 Å². The fourth-order valence-electron chi connectivity index (χ4n) is 3.24. The van der Waals surface area contributed by atoms with E-state index in [1.54, 1.807) is 17.9 Å². The molecule has 0 radical (unpaired) electrons. The number of rotatable bonds is 3. The minimum atomic E-state index is -0.995. The lowest BCUT2D eigenvalue weighted by Gasteiger charge is -2.30. The van der Waals surface area contributed by atoms with Gasteiger partial charge in [-0.25, -0.2) is 0 Å². The summed E-state index contributed by atoms with van der Waals surface area (Å²) in [6.07, 6.45) is 1.48. The van der Waals surface area contributed by atoms with Crippen molar-refractivity contribution < 1.29 is 19.5 Å². The predicted molar refractivity (Wildman–Crippen MR) is 91.3 cm³/mol. The highest BCUT2D eigenvalue weighted by Gasteiger charge is 2.43. The number of carbonyl (C=O) groups excluding carboxylic acids is 2. The van der Waals surface area contributed by atoms with Crippen LogP contribution in [-0.4, -0.2) is 39.1 Å². The summed E-state index contributed by atoms with van der Waals surface area (Å²) in [6, 6.07) is 3.26. The lowest BCUT2D eigenvalue weighted by atomic mass is 9.89. The molecule has 2 unspecified atom stereocenters. The Bertz CT molecular complexity index is 807. The molecule has 1 aliphatic heterocycles. The number of carboxylic acids is 1. The lowest BCUT2D eigenvalue weighted by molar-refractivity contribution is -0.136. The standard InChI is InChI=1S/C17H16ClNO4S/c1-8-3-4-15(24-8)17(23)19-9(2)10(6-16(21)22)11-5-14(20)12(18)7-13(11)19/h3-5,12-13H,6-7H2,1-2H3,(H,21,22). The van der Waals surface area contributed by atoms with Crippen molar-refractivity contribution in [2.45, 2.75) is 38.1 Å². The summed E-state index contributed by atoms with van der Waals surface area (Å²) in [5.74, 6) is -1.41. The van der Waals surface area contributed by atoms with Gasteiger partial charge in [-0.15, -0.1) is 22.9 Å². The van der Waals surface area contributed by atoms with Crippen LogP contribution in [0.5, 0.6) is 0 Å². The number of fused-ring (bicyclic) bond motifs is 1. The van der Waals surface area contributed by atoms with Crippen molar-refractivity contribution in [3.63, 3.8) is 0 Å². The molecule has 2 atom stereocenters. The number of carbonyl (C=O) groups is 3. The Morgan fingerprint density at radius 3 is 2.67 bits per heavy atom. The van der Waals surface area contributed by atoms with Crippen LogP contribution in [-0.2, 0) is 9.59 Å². The molecule has 0 spiro atoms. The minimum absolute atomic E-state index is 0.180. The summed E-state index contributed by atoms with van der Waals surface area (Å²) in [7, 11) is 0. The number of nitrogens with zero attached hydrogens (tertiary/aromatic N) is 1. The molecular weight excluding hydrogens is 350 g/mol. The Morgan fingerprint density at radius 1 is 1.38 bits per heavy atom. The molecule has 1 amide bonds. The van der Waals surface area contributed by atoms with Gasteiger partial charge in [-0.05, 0) is 49.6 Å². The van der Waals surface area contributed by atoms with E-state index in [2.05, 4.69) is 0 Å². The van der Waals surface area contributed by atoms with E-state index in [0.717, 1.165) is 4.88 Å². The zero-order valence-electron chi connectivity index (χ0n) is 13.2. The highest BCUT2D eigenvalue weighted by Crippen LogP contribution is 2.42. The van der Waals surface area contributed by atoms with Crippen LogP contribution < -0.4 is 0 Å². The smallest absolute Gasteiger partial charge is 0.307 e. The number of aryl methyl sites for hydroxylation is 1. The van der Waals surface area contributed by atoms with Gasteiger partial charge in [-0.1, -0.05) is 0 Å². The van der Waals surface area contributed by atoms with Gasteiger partial charge in [-0.3, -0.25) is 14.4 Å². The molecule has 1 aromatic heterocycles. The third-order valence-electron chi connectivity index (χ3n) is 4.35. The number of thiophene rings is 1. The molecule has 2 aliphatic rings. The van der Waals surface area contributed by atoms with Gasteiger partial charge in [0.15, 0.2) is 5.78 Å². The number of hydrogen-bond donors (Lipinski definition) is 1. The maximum atomic E-state index is 12.9. The number of ketones is 1. The zero-order chi connectivity index (χ0) is 17.6. The molecule has 0 bridgehead atoms. The second-order valence-corrected chi connectivity index (χ2v) is 7.76. The van der Waals surface area contributed by atoms with Crippen molar-refractivity contribution in [1.29, 1.82) is 0 Å². The SMILES string of the molecule is CC1=C(CC(=O)O)C2=CC(=O)C(Cl)CC2N1C(=O)c1ccc(C)s1. The maximum Gasteiger partial charge on any atom is 0.307 e. The Morgan fingerprint density at radius 2 is 2.08 bits per heavy atom. The van der Waals surface area contributed by atoms with Crippen LogP contribution in [0.2, 0.25) is 0 Å². The Balaban J connectivity index is 2.06. The summed E-state index contributed by atoms with van der Waals surface area (Å²) < 4.78 is 0. The molecule has 1 aromatic rings. The number of amides is 1. The monoisotopic (exact) mass is 365 g/mol. The fraction of sp³-hybridized carbons (Fsp3) is 0.353. The molecule has 3 rings (SSSR count). The molecule has 0 fully saturated rings. The molecule has 126 valence electrons. The van der Waals surface area contributed by atoms with E-state index in [1.165, 1.54) is 17.4 Å². The van der Waals surface area contributed by atoms with E-state index < -0.39 is 11.3 Å². The van der Waals surface area contributed by atoms with E-state index >= 15 is 0 Å². The van der Waals surface area contributed by atoms with Crippen LogP contribution in [0.3, 0.4) is 0 Å². The molecule has 0 saturated carbocycles. The first-order valence-corrected chi connectivity index (χ1v) is 8.76. The van der Waals surface area contributed by atoms with Crippen LogP contribution in [0, 0.1) is 6.92 Å². The maximum absolute atomic E-state index is 12.9. The highest BCUT2D eigenvalue weighted by atomic mass is 35.5. The summed E-state index contributed by atoms with van der Waals surface area (Å²) in [5.41, 5.74) is 1.73. The summed E-state index contributed by atoms with van der Waals surface area (Å²) in [6.45, 7) is 3.65. The Labute approximate surface area is 148 Å². The average Bonchev–Trinajstić information content (AvgIpc) is 3.03. The predicted octanol–water partition coefficient (Wildman–Crippen LogP) is 3.14. The molecular formula is C17H16ClNO4S. The van der Waals surface area contributed by atoms with Crippen LogP contribution in [0.4, 0.5) is 0 Å². The highest BCUT2D eigenvalue weighted by molar-refractivity contribution is 7.13. The van der Waals surface area contributed by atoms with E-state index in [0.29, 0.717) is 28.1 Å². The van der Waals surface area contributed by atoms with E-state index in [-0.39, 0.29) is 24.2 Å². The minimum Gasteiger partial charge on any atom is -0.481 e. The van der Waals surface area contributed by atoms with Gasteiger partial charge >= 0.3 is 5.97 Å². The van der Waals surface area contributed by atoms with Crippen LogP contribution >= 0.6 is 22.9 Å². The van der Waals surface area contributed by atoms with Gasteiger partial charge in [0.2, 0.25) is 0 Å². The van der Waals surface area contributed by atoms with Crippen molar-refractivity contribution >= 4 is 40.6 Å². The first-order valence-electron chi connectivity index (χ1n) is 7.51. The molecule has 1 N–H and O–H groups in total. The van der Waals surface area contributed by atoms with Gasteiger partial charge < -0.3 is 10.0 Å². The third kappa shape index (κ3) is 2.80. The van der Waals surface area contributed by atoms with Crippen molar-refractivity contribution in [2.75, 3.05) is 0 Å². The van der Waals surface area contributed by atoms with Crippen LogP contribution in [0.25, 0.3) is 0 Å². The number of halogens is 1. The van der Waals surface area contributed by atoms with Crippen molar-refractivity contribution in [2.24, 2.45) is 0 Å². The first-order chi connectivity index (χ1) is 11.3. The van der Waals surface area contributed by atoms with Crippen LogP contribution in [0.15, 0.2) is 35.1 Å². The number of allylic oxidation sites excluding steroid dienone is 2. The number of carboxylic acid groups (broad SMARTS) is 1. The first kappa shape index (κ1) is 16.9. The van der Waals surface area contributed by atoms with E-state index in [4.69, 9.17) is 11.6 Å². The molecule has 1 aliphatic carbocycles. The topological polar surface area (TPSA) is 74.7 Å². The molecule has 24 heavy (non-hydrogen) atoms. The summed E-state index contributed by atoms with van der Waals surface area (Å²) in [5, 5.41) is 8.47. The molecule has 0 saturated heterocycles. The third-order valence-corrected chi connectivity index (χ3v) is 5.73. The number of hydrogen-bond acceptors (Lipinski definition) is 4. The molecule has 0 aromatic carbocycles. The Hall–Kier alpha value is -1.92. The van der Waals surface area contributed by atoms with Gasteiger partial charge in [0, 0.05) is 10.6 Å². The second kappa shape index (κ2) is 6.18. The number of aliphatic carboxylic acids is 1. The summed E-state index contributed by atoms with van der Waals surface area (Å²) >= 11 is 7.48. The largest absolute Gasteiger partial charge is 0.481 e. The van der Waals surface area contributed by atoms with Gasteiger partial charge in [-0.2, -0.15) is 0 Å². The Kier molecular flexibility index (Phi) is 4.36. The van der Waals surface area contributed by atoms with Crippen LogP contribution in [0.1, 0.15) is 34.3 Å². The molecule has 2 heterocycles. The molecule has 5 nitrogen and oxygen atoms in total.